The van der Waals surface area contributed by atoms with Crippen molar-refractivity contribution in [2.75, 3.05) is 0 Å². The molecule has 0 amide bonds. The minimum absolute atomic E-state index is 0.427. The van der Waals surface area contributed by atoms with Crippen molar-refractivity contribution in [2.45, 2.75) is 163 Å². The van der Waals surface area contributed by atoms with Crippen molar-refractivity contribution in [1.29, 1.82) is 0 Å². The second kappa shape index (κ2) is 16.7. The lowest BCUT2D eigenvalue weighted by atomic mass is 9.44. The molecule has 0 aliphatic rings. The minimum atomic E-state index is -1.97. The molecule has 1 aromatic rings. The third-order valence-electron chi connectivity index (χ3n) is 9.08. The van der Waals surface area contributed by atoms with Crippen LogP contribution in [0.3, 0.4) is 0 Å². The van der Waals surface area contributed by atoms with Crippen LogP contribution in [-0.4, -0.2) is 16.2 Å². The predicted molar refractivity (Wildman–Crippen MR) is 163 cm³/mol. The highest BCUT2D eigenvalue weighted by Gasteiger charge is 2.66. The van der Waals surface area contributed by atoms with Crippen molar-refractivity contribution in [1.82, 2.24) is 0 Å². The summed E-state index contributed by atoms with van der Waals surface area (Å²) >= 11 is 0. The number of benzene rings is 1. The van der Waals surface area contributed by atoms with E-state index in [1.54, 1.807) is 12.1 Å². The molecule has 0 saturated carbocycles. The second-order valence-corrected chi connectivity index (χ2v) is 13.8. The zero-order chi connectivity index (χ0) is 28.7. The first kappa shape index (κ1) is 34.7. The van der Waals surface area contributed by atoms with E-state index in [0.29, 0.717) is 12.0 Å². The van der Waals surface area contributed by atoms with Gasteiger partial charge in [0.05, 0.1) is 0 Å². The van der Waals surface area contributed by atoms with Crippen LogP contribution in [0.15, 0.2) is 30.3 Å². The summed E-state index contributed by atoms with van der Waals surface area (Å²) in [7, 11) is 0. The molecule has 0 fully saturated rings. The maximum absolute atomic E-state index is 12.9. The Morgan fingerprint density at radius 2 is 0.947 bits per heavy atom. The first-order valence-electron chi connectivity index (χ1n) is 15.9. The summed E-state index contributed by atoms with van der Waals surface area (Å²) in [6, 6.07) is 9.07. The number of rotatable bonds is 20. The van der Waals surface area contributed by atoms with Gasteiger partial charge in [0.25, 0.3) is 0 Å². The molecule has 0 aromatic heterocycles. The zero-order valence-electron chi connectivity index (χ0n) is 26.2. The molecule has 0 spiro atoms. The van der Waals surface area contributed by atoms with Gasteiger partial charge in [-0.1, -0.05) is 182 Å². The number of carboxylic acid groups (broad SMARTS) is 1. The fourth-order valence-electron chi connectivity index (χ4n) is 7.31. The van der Waals surface area contributed by atoms with Gasteiger partial charge in [-0.25, -0.2) is 4.79 Å². The maximum atomic E-state index is 12.9. The highest BCUT2D eigenvalue weighted by molar-refractivity contribution is 5.81. The van der Waals surface area contributed by atoms with Crippen molar-refractivity contribution in [3.63, 3.8) is 0 Å². The number of hydrogen-bond acceptors (Lipinski definition) is 2. The van der Waals surface area contributed by atoms with Gasteiger partial charge in [0.2, 0.25) is 0 Å². The number of unbranched alkanes of at least 4 members (excludes halogenated alkanes) is 15. The van der Waals surface area contributed by atoms with Crippen LogP contribution in [0.5, 0.6) is 0 Å². The monoisotopic (exact) mass is 530 g/mol. The summed E-state index contributed by atoms with van der Waals surface area (Å²) < 4.78 is 0. The second-order valence-electron chi connectivity index (χ2n) is 13.8. The predicted octanol–water partition coefficient (Wildman–Crippen LogP) is 10.7. The summed E-state index contributed by atoms with van der Waals surface area (Å²) in [5, 5.41) is 22.7. The Bertz CT molecular complexity index is 742. The lowest BCUT2D eigenvalue weighted by Gasteiger charge is -2.60. The van der Waals surface area contributed by atoms with E-state index < -0.39 is 27.8 Å². The Morgan fingerprint density at radius 1 is 0.605 bits per heavy atom. The van der Waals surface area contributed by atoms with Crippen LogP contribution < -0.4 is 0 Å². The molecule has 38 heavy (non-hydrogen) atoms. The minimum Gasteiger partial charge on any atom is -0.479 e. The van der Waals surface area contributed by atoms with Crippen LogP contribution in [0, 0.1) is 16.2 Å². The molecule has 0 aliphatic carbocycles. The summed E-state index contributed by atoms with van der Waals surface area (Å²) in [6.07, 6.45) is 21.7. The summed E-state index contributed by atoms with van der Waals surface area (Å²) in [6.45, 7) is 14.9. The first-order valence-corrected chi connectivity index (χ1v) is 15.9. The van der Waals surface area contributed by atoms with E-state index in [0.717, 1.165) is 12.8 Å². The van der Waals surface area contributed by atoms with Crippen LogP contribution in [0.1, 0.15) is 163 Å². The number of aliphatic carboxylic acids is 1. The van der Waals surface area contributed by atoms with Gasteiger partial charge in [0, 0.05) is 5.41 Å². The van der Waals surface area contributed by atoms with Crippen molar-refractivity contribution in [3.05, 3.63) is 35.9 Å². The van der Waals surface area contributed by atoms with Crippen molar-refractivity contribution in [2.24, 2.45) is 16.2 Å². The van der Waals surface area contributed by atoms with E-state index in [1.807, 2.05) is 18.2 Å². The van der Waals surface area contributed by atoms with Crippen LogP contribution in [0.2, 0.25) is 0 Å². The topological polar surface area (TPSA) is 57.5 Å². The molecule has 0 saturated heterocycles. The Morgan fingerprint density at radius 3 is 1.26 bits per heavy atom. The quantitative estimate of drug-likeness (QED) is 0.165. The molecule has 1 unspecified atom stereocenters. The molecule has 1 rings (SSSR count). The van der Waals surface area contributed by atoms with Gasteiger partial charge in [-0.2, -0.15) is 0 Å². The molecule has 0 bridgehead atoms. The van der Waals surface area contributed by atoms with E-state index in [-0.39, 0.29) is 0 Å². The van der Waals surface area contributed by atoms with Crippen molar-refractivity contribution >= 4 is 5.97 Å². The maximum Gasteiger partial charge on any atom is 0.341 e. The molecule has 0 aliphatic heterocycles. The standard InChI is InChI=1S/C35H62O3/c1-8-9-10-11-12-13-14-15-16-17-18-19-20-21-22-26-29-34(32(2,3)4,33(5,6)7)35(38,31(36)37)30-27-24-23-25-28-30/h23-25,27-28,38H,8-22,26,29H2,1-7H3,(H,36,37). The van der Waals surface area contributed by atoms with Crippen LogP contribution in [0.4, 0.5) is 0 Å². The average Bonchev–Trinajstić information content (AvgIpc) is 2.84. The smallest absolute Gasteiger partial charge is 0.341 e. The molecular weight excluding hydrogens is 468 g/mol. The fourth-order valence-corrected chi connectivity index (χ4v) is 7.31. The number of aliphatic hydroxyl groups is 1. The molecule has 1 aromatic carbocycles. The molecule has 3 nitrogen and oxygen atoms in total. The van der Waals surface area contributed by atoms with Crippen LogP contribution in [-0.2, 0) is 10.4 Å². The summed E-state index contributed by atoms with van der Waals surface area (Å²) in [4.78, 5) is 12.9. The van der Waals surface area contributed by atoms with E-state index in [2.05, 4.69) is 48.5 Å². The Balaban J connectivity index is 2.59. The molecule has 0 radical (unpaired) electrons. The molecule has 220 valence electrons. The molecule has 0 heterocycles. The fraction of sp³-hybridized carbons (Fsp3) is 0.800. The van der Waals surface area contributed by atoms with Gasteiger partial charge >= 0.3 is 5.97 Å². The first-order chi connectivity index (χ1) is 17.9. The Kier molecular flexibility index (Phi) is 15.2. The normalized spacial score (nSPS) is 14.4. The zero-order valence-corrected chi connectivity index (χ0v) is 26.2. The summed E-state index contributed by atoms with van der Waals surface area (Å²) in [5.41, 5.74) is -3.20. The third kappa shape index (κ3) is 9.39. The van der Waals surface area contributed by atoms with Gasteiger partial charge in [0.15, 0.2) is 5.60 Å². The molecule has 2 N–H and O–H groups in total. The van der Waals surface area contributed by atoms with Gasteiger partial charge in [0.1, 0.15) is 0 Å². The van der Waals surface area contributed by atoms with Crippen LogP contribution in [0.25, 0.3) is 0 Å². The summed E-state index contributed by atoms with van der Waals surface area (Å²) in [5.74, 6) is -1.15. The van der Waals surface area contributed by atoms with Gasteiger partial charge in [-0.05, 0) is 22.8 Å². The number of carboxylic acids is 1. The number of carbonyl (C=O) groups is 1. The van der Waals surface area contributed by atoms with Crippen molar-refractivity contribution in [3.8, 4) is 0 Å². The lowest BCUT2D eigenvalue weighted by molar-refractivity contribution is -0.225. The highest BCUT2D eigenvalue weighted by atomic mass is 16.4. The Labute approximate surface area is 236 Å². The average molecular weight is 531 g/mol. The van der Waals surface area contributed by atoms with E-state index >= 15 is 0 Å². The Hall–Kier alpha value is -1.35. The number of hydrogen-bond donors (Lipinski definition) is 2. The largest absolute Gasteiger partial charge is 0.479 e. The van der Waals surface area contributed by atoms with Crippen molar-refractivity contribution < 1.29 is 15.0 Å². The van der Waals surface area contributed by atoms with Gasteiger partial charge in [-0.15, -0.1) is 0 Å². The van der Waals surface area contributed by atoms with Gasteiger partial charge in [-0.3, -0.25) is 0 Å². The third-order valence-corrected chi connectivity index (χ3v) is 9.08. The molecule has 1 atom stereocenters. The molecular formula is C35H62O3. The van der Waals surface area contributed by atoms with E-state index in [4.69, 9.17) is 0 Å². The van der Waals surface area contributed by atoms with Gasteiger partial charge < -0.3 is 10.2 Å². The van der Waals surface area contributed by atoms with Crippen LogP contribution >= 0.6 is 0 Å². The molecule has 3 heteroatoms. The highest BCUT2D eigenvalue weighted by Crippen LogP contribution is 2.64. The van der Waals surface area contributed by atoms with E-state index in [9.17, 15) is 15.0 Å². The SMILES string of the molecule is CCCCCCCCCCCCCCCCCCC(C(C)(C)C)(C(C)(C)C)C(O)(C(=O)O)c1ccccc1. The lowest BCUT2D eigenvalue weighted by Crippen LogP contribution is -2.63. The van der Waals surface area contributed by atoms with E-state index in [1.165, 1.54) is 89.9 Å².